The number of aliphatic hydroxyl groups is 1. The maximum Gasteiger partial charge on any atom is 0.252 e. The van der Waals surface area contributed by atoms with E-state index in [1.165, 1.54) is 0 Å². The number of hydrogen-bond acceptors (Lipinski definition) is 6. The normalized spacial score (nSPS) is 19.8. The van der Waals surface area contributed by atoms with Crippen LogP contribution in [0.2, 0.25) is 20.1 Å². The first kappa shape index (κ1) is 32.1. The third-order valence-electron chi connectivity index (χ3n) is 8.55. The second-order valence-electron chi connectivity index (χ2n) is 11.8. The molecule has 1 saturated heterocycles. The van der Waals surface area contributed by atoms with Gasteiger partial charge < -0.3 is 20.1 Å². The monoisotopic (exact) mass is 693 g/mol. The van der Waals surface area contributed by atoms with Gasteiger partial charge in [-0.2, -0.15) is 0 Å². The Hall–Kier alpha value is -1.84. The molecule has 2 N–H and O–H groups in total. The molecule has 2 aromatic carbocycles. The molecule has 3 heterocycles. The van der Waals surface area contributed by atoms with Crippen molar-refractivity contribution in [2.45, 2.75) is 82.5 Å². The largest absolute Gasteiger partial charge is 0.490 e. The van der Waals surface area contributed by atoms with Crippen molar-refractivity contribution in [3.63, 3.8) is 0 Å². The molecule has 3 aromatic rings. The molecule has 11 heteroatoms. The van der Waals surface area contributed by atoms with Gasteiger partial charge in [0, 0.05) is 49.5 Å². The van der Waals surface area contributed by atoms with E-state index in [2.05, 4.69) is 5.32 Å². The molecule has 1 aliphatic carbocycles. The molecule has 1 saturated carbocycles. The van der Waals surface area contributed by atoms with Crippen molar-refractivity contribution >= 4 is 69.2 Å². The summed E-state index contributed by atoms with van der Waals surface area (Å²) in [6, 6.07) is 9.81. The predicted octanol–water partition coefficient (Wildman–Crippen LogP) is 8.16. The highest BCUT2D eigenvalue weighted by atomic mass is 35.5. The van der Waals surface area contributed by atoms with Crippen molar-refractivity contribution in [1.29, 1.82) is 0 Å². The van der Waals surface area contributed by atoms with Crippen LogP contribution in [0.5, 0.6) is 5.75 Å². The number of aromatic nitrogens is 1. The lowest BCUT2D eigenvalue weighted by molar-refractivity contribution is -0.128. The molecule has 2 aliphatic heterocycles. The van der Waals surface area contributed by atoms with E-state index in [1.807, 2.05) is 23.2 Å². The molecule has 2 fully saturated rings. The van der Waals surface area contributed by atoms with Gasteiger partial charge in [-0.3, -0.25) is 4.79 Å². The summed E-state index contributed by atoms with van der Waals surface area (Å²) in [5, 5.41) is 15.8. The van der Waals surface area contributed by atoms with Crippen LogP contribution in [-0.4, -0.2) is 52.2 Å². The first-order valence-electron chi connectivity index (χ1n) is 15.2. The number of ether oxygens (including phenoxy) is 1. The second-order valence-corrected chi connectivity index (χ2v) is 14.5. The fraction of sp³-hybridized carbons (Fsp3) is 0.455. The van der Waals surface area contributed by atoms with E-state index in [0.29, 0.717) is 51.5 Å². The van der Waals surface area contributed by atoms with Crippen molar-refractivity contribution in [1.82, 2.24) is 15.2 Å². The van der Waals surface area contributed by atoms with E-state index in [0.717, 1.165) is 83.5 Å². The maximum absolute atomic E-state index is 14.4. The molecule has 0 unspecified atom stereocenters. The minimum absolute atomic E-state index is 0.0315. The van der Waals surface area contributed by atoms with Gasteiger partial charge in [-0.15, -0.1) is 11.3 Å². The van der Waals surface area contributed by atoms with Gasteiger partial charge in [0.15, 0.2) is 5.75 Å². The minimum atomic E-state index is 0.0315. The Morgan fingerprint density at radius 1 is 1.07 bits per heavy atom. The van der Waals surface area contributed by atoms with E-state index in [-0.39, 0.29) is 24.6 Å². The molecule has 2 bridgehead atoms. The summed E-state index contributed by atoms with van der Waals surface area (Å²) in [6.45, 7) is 0.919. The summed E-state index contributed by atoms with van der Waals surface area (Å²) in [5.41, 5.74) is 3.76. The molecule has 234 valence electrons. The third kappa shape index (κ3) is 7.25. The van der Waals surface area contributed by atoms with E-state index in [1.54, 1.807) is 29.5 Å². The van der Waals surface area contributed by atoms with Crippen molar-refractivity contribution in [2.75, 3.05) is 13.2 Å². The number of thiazole rings is 1. The predicted molar refractivity (Wildman–Crippen MR) is 179 cm³/mol. The molecular formula is C33H35Cl4N3O3S. The Morgan fingerprint density at radius 2 is 1.86 bits per heavy atom. The standard InChI is InChI=1S/C33H35Cl4N3O3S/c34-24-6-1-4-20(31(24)37)18-40(22-9-10-22)33(42)30-23(16-21-5-2-7-27(30)39-21)28-17-38-29(44-28)8-3-13-43-32-25(35)14-19(11-12-41)15-26(32)36/h1,4,6,14-15,17,21-22,27,39,41H,2-3,5,7-13,16,18H2/t21-,27+/m0/s1. The van der Waals surface area contributed by atoms with Gasteiger partial charge in [0.25, 0.3) is 5.91 Å². The number of benzene rings is 2. The minimum Gasteiger partial charge on any atom is -0.490 e. The van der Waals surface area contributed by atoms with E-state index < -0.39 is 0 Å². The third-order valence-corrected chi connectivity index (χ3v) is 11.1. The Morgan fingerprint density at radius 3 is 2.61 bits per heavy atom. The summed E-state index contributed by atoms with van der Waals surface area (Å²) < 4.78 is 5.93. The van der Waals surface area contributed by atoms with E-state index >= 15 is 0 Å². The highest BCUT2D eigenvalue weighted by Gasteiger charge is 2.41. The van der Waals surface area contributed by atoms with E-state index in [4.69, 9.17) is 56.1 Å². The van der Waals surface area contributed by atoms with Crippen molar-refractivity contribution in [3.8, 4) is 5.75 Å². The van der Waals surface area contributed by atoms with Gasteiger partial charge in [-0.1, -0.05) is 58.5 Å². The van der Waals surface area contributed by atoms with Crippen molar-refractivity contribution in [2.24, 2.45) is 0 Å². The van der Waals surface area contributed by atoms with Crippen molar-refractivity contribution in [3.05, 3.63) is 83.2 Å². The van der Waals surface area contributed by atoms with Crippen LogP contribution < -0.4 is 10.1 Å². The molecular weight excluding hydrogens is 660 g/mol. The van der Waals surface area contributed by atoms with E-state index in [9.17, 15) is 9.90 Å². The molecule has 44 heavy (non-hydrogen) atoms. The Labute approximate surface area is 282 Å². The summed E-state index contributed by atoms with van der Waals surface area (Å²) in [4.78, 5) is 22.2. The molecule has 2 atom stereocenters. The van der Waals surface area contributed by atoms with Gasteiger partial charge >= 0.3 is 0 Å². The summed E-state index contributed by atoms with van der Waals surface area (Å²) in [7, 11) is 0. The van der Waals surface area contributed by atoms with Crippen LogP contribution in [0.15, 0.2) is 42.1 Å². The van der Waals surface area contributed by atoms with Crippen LogP contribution in [0.25, 0.3) is 5.57 Å². The average molecular weight is 696 g/mol. The fourth-order valence-corrected chi connectivity index (χ4v) is 8.28. The molecule has 1 aromatic heterocycles. The Balaban J connectivity index is 1.18. The fourth-order valence-electron chi connectivity index (χ4n) is 6.23. The van der Waals surface area contributed by atoms with Gasteiger partial charge in [0.05, 0.1) is 36.6 Å². The number of carbonyl (C=O) groups excluding carboxylic acids is 1. The number of aliphatic hydroxyl groups excluding tert-OH is 1. The Bertz CT molecular complexity index is 1530. The number of carbonyl (C=O) groups is 1. The van der Waals surface area contributed by atoms with Crippen LogP contribution in [0, 0.1) is 0 Å². The molecule has 1 amide bonds. The molecule has 3 aliphatic rings. The number of nitrogens with one attached hydrogen (secondary N) is 1. The summed E-state index contributed by atoms with van der Waals surface area (Å²) in [5.74, 6) is 0.558. The summed E-state index contributed by atoms with van der Waals surface area (Å²) in [6.07, 6.45) is 9.91. The van der Waals surface area contributed by atoms with Gasteiger partial charge in [-0.25, -0.2) is 4.98 Å². The number of rotatable bonds is 12. The highest BCUT2D eigenvalue weighted by Crippen LogP contribution is 2.41. The molecule has 6 nitrogen and oxygen atoms in total. The Kier molecular flexibility index (Phi) is 10.4. The molecule has 6 rings (SSSR count). The van der Waals surface area contributed by atoms with Crippen LogP contribution >= 0.6 is 57.7 Å². The maximum atomic E-state index is 14.4. The number of nitrogens with zero attached hydrogens (tertiary/aromatic N) is 2. The van der Waals surface area contributed by atoms with Gasteiger partial charge in [0.1, 0.15) is 0 Å². The molecule has 0 spiro atoms. The smallest absolute Gasteiger partial charge is 0.252 e. The highest BCUT2D eigenvalue weighted by molar-refractivity contribution is 7.12. The topological polar surface area (TPSA) is 74.7 Å². The van der Waals surface area contributed by atoms with Crippen LogP contribution in [0.1, 0.15) is 66.0 Å². The second kappa shape index (κ2) is 14.3. The number of halogens is 4. The first-order chi connectivity index (χ1) is 21.3. The average Bonchev–Trinajstić information content (AvgIpc) is 3.73. The number of aryl methyl sites for hydroxylation is 1. The number of hydrogen-bond donors (Lipinski definition) is 2. The zero-order chi connectivity index (χ0) is 30.8. The number of amides is 1. The number of fused-ring (bicyclic) bond motifs is 2. The van der Waals surface area contributed by atoms with Crippen molar-refractivity contribution < 1.29 is 14.6 Å². The van der Waals surface area contributed by atoms with Gasteiger partial charge in [-0.05, 0) is 86.3 Å². The summed E-state index contributed by atoms with van der Waals surface area (Å²) >= 11 is 27.3. The lowest BCUT2D eigenvalue weighted by atomic mass is 9.81. The zero-order valence-electron chi connectivity index (χ0n) is 24.3. The molecule has 0 radical (unpaired) electrons. The lowest BCUT2D eigenvalue weighted by Gasteiger charge is -2.40. The first-order valence-corrected chi connectivity index (χ1v) is 17.5. The zero-order valence-corrected chi connectivity index (χ0v) is 28.1. The van der Waals surface area contributed by atoms with Gasteiger partial charge in [0.2, 0.25) is 0 Å². The quantitative estimate of drug-likeness (QED) is 0.187. The lowest BCUT2D eigenvalue weighted by Crippen LogP contribution is -2.51. The SMILES string of the molecule is O=C(C1=C(c2cnc(CCCOc3c(Cl)cc(CCO)cc3Cl)s2)C[C@@H]2CCC[C@H]1N2)N(Cc1cccc(Cl)c1Cl)C1CC1. The van der Waals surface area contributed by atoms with Crippen LogP contribution in [-0.2, 0) is 24.2 Å². The van der Waals surface area contributed by atoms with Crippen LogP contribution in [0.4, 0.5) is 0 Å². The number of piperidine rings is 1. The van der Waals surface area contributed by atoms with Crippen LogP contribution in [0.3, 0.4) is 0 Å².